The van der Waals surface area contributed by atoms with Crippen molar-refractivity contribution in [2.75, 3.05) is 5.73 Å². The normalized spacial score (nSPS) is 10.9. The first-order valence-corrected chi connectivity index (χ1v) is 5.56. The van der Waals surface area contributed by atoms with Crippen LogP contribution >= 0.6 is 0 Å². The van der Waals surface area contributed by atoms with Crippen molar-refractivity contribution < 1.29 is 4.39 Å². The SMILES string of the molecule is Nc1ccnc2cc(Cc3ccc(F)cc3)nn12. The van der Waals surface area contributed by atoms with Crippen molar-refractivity contribution >= 4 is 11.5 Å². The van der Waals surface area contributed by atoms with Crippen molar-refractivity contribution in [2.45, 2.75) is 6.42 Å². The van der Waals surface area contributed by atoms with E-state index in [1.165, 1.54) is 12.1 Å². The maximum absolute atomic E-state index is 12.8. The lowest BCUT2D eigenvalue weighted by atomic mass is 10.1. The van der Waals surface area contributed by atoms with Gasteiger partial charge >= 0.3 is 0 Å². The van der Waals surface area contributed by atoms with Gasteiger partial charge in [-0.25, -0.2) is 9.37 Å². The molecule has 2 heterocycles. The average molecular weight is 242 g/mol. The van der Waals surface area contributed by atoms with Crippen LogP contribution in [0.1, 0.15) is 11.3 Å². The maximum atomic E-state index is 12.8. The van der Waals surface area contributed by atoms with Crippen LogP contribution in [0.5, 0.6) is 0 Å². The summed E-state index contributed by atoms with van der Waals surface area (Å²) >= 11 is 0. The number of nitrogens with zero attached hydrogens (tertiary/aromatic N) is 3. The first-order chi connectivity index (χ1) is 8.72. The quantitative estimate of drug-likeness (QED) is 0.748. The molecule has 0 aliphatic carbocycles. The van der Waals surface area contributed by atoms with Gasteiger partial charge in [0.1, 0.15) is 11.6 Å². The number of hydrogen-bond donors (Lipinski definition) is 1. The van der Waals surface area contributed by atoms with Gasteiger partial charge in [-0.15, -0.1) is 0 Å². The molecular formula is C13H11FN4. The van der Waals surface area contributed by atoms with E-state index in [-0.39, 0.29) is 5.82 Å². The summed E-state index contributed by atoms with van der Waals surface area (Å²) in [6, 6.07) is 9.95. The largest absolute Gasteiger partial charge is 0.384 e. The molecule has 0 amide bonds. The molecule has 0 spiro atoms. The van der Waals surface area contributed by atoms with E-state index in [1.807, 2.05) is 6.07 Å². The van der Waals surface area contributed by atoms with Gasteiger partial charge < -0.3 is 5.73 Å². The molecule has 90 valence electrons. The second kappa shape index (κ2) is 4.10. The number of rotatable bonds is 2. The van der Waals surface area contributed by atoms with E-state index < -0.39 is 0 Å². The Labute approximate surface area is 103 Å². The van der Waals surface area contributed by atoms with Crippen molar-refractivity contribution in [1.82, 2.24) is 14.6 Å². The number of aromatic nitrogens is 3. The molecule has 3 aromatic rings. The van der Waals surface area contributed by atoms with Gasteiger partial charge in [0.25, 0.3) is 0 Å². The molecular weight excluding hydrogens is 231 g/mol. The fourth-order valence-corrected chi connectivity index (χ4v) is 1.86. The highest BCUT2D eigenvalue weighted by Gasteiger charge is 2.05. The molecule has 18 heavy (non-hydrogen) atoms. The lowest BCUT2D eigenvalue weighted by Crippen LogP contribution is -1.99. The molecule has 4 nitrogen and oxygen atoms in total. The molecule has 0 aliphatic rings. The molecule has 5 heteroatoms. The highest BCUT2D eigenvalue weighted by Crippen LogP contribution is 2.12. The monoisotopic (exact) mass is 242 g/mol. The van der Waals surface area contributed by atoms with Crippen LogP contribution in [-0.2, 0) is 6.42 Å². The molecule has 0 aliphatic heterocycles. The summed E-state index contributed by atoms with van der Waals surface area (Å²) in [5.74, 6) is 0.310. The number of anilines is 1. The van der Waals surface area contributed by atoms with Gasteiger partial charge in [0.05, 0.1) is 5.69 Å². The highest BCUT2D eigenvalue weighted by molar-refractivity contribution is 5.46. The minimum absolute atomic E-state index is 0.236. The minimum Gasteiger partial charge on any atom is -0.384 e. The second-order valence-electron chi connectivity index (χ2n) is 4.08. The van der Waals surface area contributed by atoms with Crippen LogP contribution < -0.4 is 5.73 Å². The van der Waals surface area contributed by atoms with Crippen molar-refractivity contribution in [2.24, 2.45) is 0 Å². The maximum Gasteiger partial charge on any atom is 0.157 e. The average Bonchev–Trinajstić information content (AvgIpc) is 2.76. The third-order valence-corrected chi connectivity index (χ3v) is 2.74. The number of hydrogen-bond acceptors (Lipinski definition) is 3. The predicted octanol–water partition coefficient (Wildman–Crippen LogP) is 2.04. The predicted molar refractivity (Wildman–Crippen MR) is 66.6 cm³/mol. The zero-order chi connectivity index (χ0) is 12.5. The lowest BCUT2D eigenvalue weighted by Gasteiger charge is -1.97. The third-order valence-electron chi connectivity index (χ3n) is 2.74. The van der Waals surface area contributed by atoms with Gasteiger partial charge in [-0.1, -0.05) is 12.1 Å². The smallest absolute Gasteiger partial charge is 0.157 e. The third kappa shape index (κ3) is 1.90. The summed E-state index contributed by atoms with van der Waals surface area (Å²) in [6.07, 6.45) is 2.27. The summed E-state index contributed by atoms with van der Waals surface area (Å²) in [7, 11) is 0. The number of fused-ring (bicyclic) bond motifs is 1. The summed E-state index contributed by atoms with van der Waals surface area (Å²) in [5, 5.41) is 4.37. The van der Waals surface area contributed by atoms with Crippen LogP contribution in [0, 0.1) is 5.82 Å². The molecule has 2 N–H and O–H groups in total. The Balaban J connectivity index is 1.95. The van der Waals surface area contributed by atoms with Gasteiger partial charge in [-0.3, -0.25) is 0 Å². The molecule has 0 saturated carbocycles. The zero-order valence-corrected chi connectivity index (χ0v) is 9.55. The first kappa shape index (κ1) is 10.7. The molecule has 0 atom stereocenters. The first-order valence-electron chi connectivity index (χ1n) is 5.56. The van der Waals surface area contributed by atoms with Gasteiger partial charge in [-0.05, 0) is 23.8 Å². The van der Waals surface area contributed by atoms with Crippen LogP contribution in [0.25, 0.3) is 5.65 Å². The van der Waals surface area contributed by atoms with Gasteiger partial charge in [-0.2, -0.15) is 9.61 Å². The van der Waals surface area contributed by atoms with Crippen LogP contribution in [0.15, 0.2) is 42.6 Å². The van der Waals surface area contributed by atoms with E-state index in [9.17, 15) is 4.39 Å². The fourth-order valence-electron chi connectivity index (χ4n) is 1.86. The fraction of sp³-hybridized carbons (Fsp3) is 0.0769. The van der Waals surface area contributed by atoms with Crippen molar-refractivity contribution in [3.8, 4) is 0 Å². The molecule has 0 fully saturated rings. The van der Waals surface area contributed by atoms with Crippen LogP contribution in [-0.4, -0.2) is 14.6 Å². The summed E-state index contributed by atoms with van der Waals surface area (Å²) in [4.78, 5) is 4.18. The Morgan fingerprint density at radius 2 is 1.94 bits per heavy atom. The van der Waals surface area contributed by atoms with Crippen LogP contribution in [0.2, 0.25) is 0 Å². The summed E-state index contributed by atoms with van der Waals surface area (Å²) in [6.45, 7) is 0. The molecule has 1 aromatic carbocycles. The van der Waals surface area contributed by atoms with E-state index in [4.69, 9.17) is 5.73 Å². The van der Waals surface area contributed by atoms with Crippen molar-refractivity contribution in [3.05, 3.63) is 59.7 Å². The Morgan fingerprint density at radius 1 is 1.17 bits per heavy atom. The second-order valence-corrected chi connectivity index (χ2v) is 4.08. The Morgan fingerprint density at radius 3 is 2.67 bits per heavy atom. The molecule has 2 aromatic heterocycles. The Bertz CT molecular complexity index is 688. The van der Waals surface area contributed by atoms with E-state index in [2.05, 4.69) is 10.1 Å². The minimum atomic E-state index is -0.236. The molecule has 0 radical (unpaired) electrons. The highest BCUT2D eigenvalue weighted by atomic mass is 19.1. The van der Waals surface area contributed by atoms with Crippen molar-refractivity contribution in [3.63, 3.8) is 0 Å². The van der Waals surface area contributed by atoms with E-state index >= 15 is 0 Å². The molecule has 3 rings (SSSR count). The number of halogens is 1. The topological polar surface area (TPSA) is 56.2 Å². The van der Waals surface area contributed by atoms with E-state index in [0.29, 0.717) is 17.9 Å². The van der Waals surface area contributed by atoms with Gasteiger partial charge in [0.15, 0.2) is 5.65 Å². The number of benzene rings is 1. The standard InChI is InChI=1S/C13H11FN4/c14-10-3-1-9(2-4-10)7-11-8-13-16-6-5-12(15)18(13)17-11/h1-6,8H,7,15H2. The Kier molecular flexibility index (Phi) is 2.44. The number of nitrogen functional groups attached to an aromatic ring is 1. The van der Waals surface area contributed by atoms with Crippen LogP contribution in [0.4, 0.5) is 10.2 Å². The zero-order valence-electron chi connectivity index (χ0n) is 9.55. The van der Waals surface area contributed by atoms with Crippen LogP contribution in [0.3, 0.4) is 0 Å². The summed E-state index contributed by atoms with van der Waals surface area (Å²) in [5.41, 5.74) is 8.36. The van der Waals surface area contributed by atoms with Gasteiger partial charge in [0, 0.05) is 18.7 Å². The molecule has 0 unspecified atom stereocenters. The summed E-state index contributed by atoms with van der Waals surface area (Å²) < 4.78 is 14.4. The molecule has 0 bridgehead atoms. The van der Waals surface area contributed by atoms with Crippen molar-refractivity contribution in [1.29, 1.82) is 0 Å². The van der Waals surface area contributed by atoms with Gasteiger partial charge in [0.2, 0.25) is 0 Å². The lowest BCUT2D eigenvalue weighted by molar-refractivity contribution is 0.627. The number of nitrogens with two attached hydrogens (primary N) is 1. The molecule has 0 saturated heterocycles. The van der Waals surface area contributed by atoms with E-state index in [0.717, 1.165) is 11.3 Å². The van der Waals surface area contributed by atoms with E-state index in [1.54, 1.807) is 28.9 Å². The Hall–Kier alpha value is -2.43.